The van der Waals surface area contributed by atoms with Crippen LogP contribution >= 0.6 is 0 Å². The fourth-order valence-electron chi connectivity index (χ4n) is 2.99. The Morgan fingerprint density at radius 2 is 2.13 bits per heavy atom. The van der Waals surface area contributed by atoms with Crippen LogP contribution in [0.1, 0.15) is 33.6 Å². The van der Waals surface area contributed by atoms with Gasteiger partial charge in [0.15, 0.2) is 17.6 Å². The fraction of sp³-hybridized carbons (Fsp3) is 0.588. The quantitative estimate of drug-likeness (QED) is 0.861. The van der Waals surface area contributed by atoms with E-state index >= 15 is 0 Å². The molecule has 1 aromatic carbocycles. The lowest BCUT2D eigenvalue weighted by Crippen LogP contribution is -2.50. The van der Waals surface area contributed by atoms with E-state index in [0.717, 1.165) is 12.8 Å². The predicted molar refractivity (Wildman–Crippen MR) is 84.0 cm³/mol. The average Bonchev–Trinajstić information content (AvgIpc) is 2.94. The van der Waals surface area contributed by atoms with Crippen LogP contribution in [0.2, 0.25) is 0 Å². The number of likely N-dealkylation sites (tertiary alicyclic amines) is 1. The Balaban J connectivity index is 1.72. The third kappa shape index (κ3) is 3.46. The number of nitrogens with zero attached hydrogens (tertiary/aromatic N) is 1. The summed E-state index contributed by atoms with van der Waals surface area (Å²) in [5.41, 5.74) is -0.521. The molecule has 6 nitrogen and oxygen atoms in total. The second-order valence-electron chi connectivity index (χ2n) is 6.98. The summed E-state index contributed by atoms with van der Waals surface area (Å²) >= 11 is 0. The zero-order valence-electron chi connectivity index (χ0n) is 13.7. The van der Waals surface area contributed by atoms with Crippen LogP contribution < -0.4 is 9.47 Å². The van der Waals surface area contributed by atoms with Crippen LogP contribution in [0.25, 0.3) is 0 Å². The van der Waals surface area contributed by atoms with Gasteiger partial charge in [-0.3, -0.25) is 0 Å². The number of carbonyl (C=O) groups excluding carboxylic acids is 1. The molecule has 1 amide bonds. The van der Waals surface area contributed by atoms with E-state index in [1.54, 1.807) is 17.0 Å². The van der Waals surface area contributed by atoms with Crippen molar-refractivity contribution in [3.05, 3.63) is 18.2 Å². The Bertz CT molecular complexity index is 595. The summed E-state index contributed by atoms with van der Waals surface area (Å²) in [6, 6.07) is 4.70. The normalized spacial score (nSPS) is 23.7. The van der Waals surface area contributed by atoms with Gasteiger partial charge in [-0.25, -0.2) is 4.79 Å². The maximum absolute atomic E-state index is 12.4. The number of phenolic OH excluding ortho intramolecular Hbond substituents is 1. The van der Waals surface area contributed by atoms with Gasteiger partial charge < -0.3 is 24.2 Å². The van der Waals surface area contributed by atoms with Crippen molar-refractivity contribution in [3.8, 4) is 17.2 Å². The van der Waals surface area contributed by atoms with E-state index in [4.69, 9.17) is 14.2 Å². The smallest absolute Gasteiger partial charge is 0.410 e. The Morgan fingerprint density at radius 3 is 2.87 bits per heavy atom. The maximum atomic E-state index is 12.4. The molecule has 0 saturated carbocycles. The van der Waals surface area contributed by atoms with E-state index in [1.807, 2.05) is 20.8 Å². The first kappa shape index (κ1) is 15.8. The van der Waals surface area contributed by atoms with Crippen LogP contribution in [-0.2, 0) is 4.74 Å². The highest BCUT2D eigenvalue weighted by atomic mass is 16.6. The molecule has 0 bridgehead atoms. The number of carbonyl (C=O) groups is 1. The summed E-state index contributed by atoms with van der Waals surface area (Å²) in [7, 11) is 0. The summed E-state index contributed by atoms with van der Waals surface area (Å²) in [5, 5.41) is 9.59. The number of hydrogen-bond donors (Lipinski definition) is 1. The van der Waals surface area contributed by atoms with Crippen molar-refractivity contribution in [1.29, 1.82) is 0 Å². The van der Waals surface area contributed by atoms with Crippen LogP contribution in [0.5, 0.6) is 17.2 Å². The molecule has 0 aromatic heterocycles. The molecule has 2 aliphatic heterocycles. The topological polar surface area (TPSA) is 68.2 Å². The van der Waals surface area contributed by atoms with Gasteiger partial charge in [-0.05, 0) is 45.7 Å². The van der Waals surface area contributed by atoms with Gasteiger partial charge in [0.05, 0.1) is 6.04 Å². The maximum Gasteiger partial charge on any atom is 0.410 e. The molecule has 0 spiro atoms. The van der Waals surface area contributed by atoms with Crippen molar-refractivity contribution >= 4 is 6.09 Å². The Morgan fingerprint density at radius 1 is 1.35 bits per heavy atom. The number of ether oxygens (including phenoxy) is 3. The van der Waals surface area contributed by atoms with E-state index in [0.29, 0.717) is 24.7 Å². The zero-order chi connectivity index (χ0) is 16.6. The first-order chi connectivity index (χ1) is 10.8. The van der Waals surface area contributed by atoms with Gasteiger partial charge >= 0.3 is 6.09 Å². The molecule has 0 radical (unpaired) electrons. The highest BCUT2D eigenvalue weighted by Crippen LogP contribution is 2.37. The van der Waals surface area contributed by atoms with Crippen LogP contribution in [0.3, 0.4) is 0 Å². The number of benzene rings is 1. The first-order valence-corrected chi connectivity index (χ1v) is 7.95. The number of hydrogen-bond acceptors (Lipinski definition) is 5. The van der Waals surface area contributed by atoms with E-state index in [2.05, 4.69) is 0 Å². The van der Waals surface area contributed by atoms with Crippen molar-refractivity contribution in [1.82, 2.24) is 4.90 Å². The van der Waals surface area contributed by atoms with E-state index in [9.17, 15) is 9.90 Å². The molecule has 1 fully saturated rings. The number of rotatable bonds is 1. The van der Waals surface area contributed by atoms with Gasteiger partial charge in [0, 0.05) is 12.6 Å². The molecule has 0 aliphatic carbocycles. The molecule has 0 unspecified atom stereocenters. The predicted octanol–water partition coefficient (Wildman–Crippen LogP) is 2.93. The minimum absolute atomic E-state index is 0.0830. The molecular weight excluding hydrogens is 298 g/mol. The highest BCUT2D eigenvalue weighted by molar-refractivity contribution is 5.69. The summed E-state index contributed by atoms with van der Waals surface area (Å²) in [5.74, 6) is 1.25. The highest BCUT2D eigenvalue weighted by Gasteiger charge is 2.40. The molecule has 1 aromatic rings. The summed E-state index contributed by atoms with van der Waals surface area (Å²) < 4.78 is 17.2. The minimum atomic E-state index is -0.521. The van der Waals surface area contributed by atoms with E-state index in [1.165, 1.54) is 6.07 Å². The number of phenols is 1. The third-order valence-electron chi connectivity index (χ3n) is 3.97. The summed E-state index contributed by atoms with van der Waals surface area (Å²) in [6.07, 6.45) is 1.18. The van der Waals surface area contributed by atoms with Crippen molar-refractivity contribution in [3.63, 3.8) is 0 Å². The number of amides is 1. The lowest BCUT2D eigenvalue weighted by molar-refractivity contribution is -0.00466. The third-order valence-corrected chi connectivity index (χ3v) is 3.97. The van der Waals surface area contributed by atoms with Gasteiger partial charge in [0.2, 0.25) is 0 Å². The van der Waals surface area contributed by atoms with Crippen molar-refractivity contribution in [2.75, 3.05) is 13.2 Å². The second-order valence-corrected chi connectivity index (χ2v) is 6.98. The number of fused-ring (bicyclic) bond motifs is 1. The van der Waals surface area contributed by atoms with Crippen LogP contribution in [0.4, 0.5) is 4.79 Å². The van der Waals surface area contributed by atoms with Gasteiger partial charge in [-0.2, -0.15) is 0 Å². The molecule has 3 rings (SSSR count). The fourth-order valence-corrected chi connectivity index (χ4v) is 2.99. The second kappa shape index (κ2) is 5.83. The van der Waals surface area contributed by atoms with Crippen molar-refractivity contribution in [2.45, 2.75) is 51.4 Å². The zero-order valence-corrected chi connectivity index (χ0v) is 13.7. The molecule has 1 N–H and O–H groups in total. The standard InChI is InChI=1S/C17H23NO5/c1-17(2,3)23-16(20)18-8-4-5-12(18)15-10-21-13-7-6-11(19)9-14(13)22-15/h6-7,9,12,15,19H,4-5,8,10H2,1-3H3/t12-,15-/m0/s1. The Labute approximate surface area is 135 Å². The Hall–Kier alpha value is -2.11. The van der Waals surface area contributed by atoms with Crippen LogP contribution in [0.15, 0.2) is 18.2 Å². The van der Waals surface area contributed by atoms with Gasteiger partial charge in [-0.15, -0.1) is 0 Å². The van der Waals surface area contributed by atoms with Crippen LogP contribution in [-0.4, -0.2) is 47.0 Å². The number of aromatic hydroxyl groups is 1. The van der Waals surface area contributed by atoms with Gasteiger partial charge in [-0.1, -0.05) is 0 Å². The molecule has 23 heavy (non-hydrogen) atoms. The van der Waals surface area contributed by atoms with Crippen LogP contribution in [0, 0.1) is 0 Å². The summed E-state index contributed by atoms with van der Waals surface area (Å²) in [6.45, 7) is 6.60. The van der Waals surface area contributed by atoms with Gasteiger partial charge in [0.1, 0.15) is 18.0 Å². The molecule has 1 saturated heterocycles. The molecule has 2 aliphatic rings. The van der Waals surface area contributed by atoms with Crippen molar-refractivity contribution in [2.24, 2.45) is 0 Å². The minimum Gasteiger partial charge on any atom is -0.508 e. The SMILES string of the molecule is CC(C)(C)OC(=O)N1CCC[C@H]1[C@@H]1COc2ccc(O)cc2O1. The largest absolute Gasteiger partial charge is 0.508 e. The first-order valence-electron chi connectivity index (χ1n) is 7.95. The molecular formula is C17H23NO5. The monoisotopic (exact) mass is 321 g/mol. The van der Waals surface area contributed by atoms with Crippen molar-refractivity contribution < 1.29 is 24.1 Å². The average molecular weight is 321 g/mol. The van der Waals surface area contributed by atoms with E-state index < -0.39 is 5.60 Å². The molecule has 2 heterocycles. The summed E-state index contributed by atoms with van der Waals surface area (Å²) in [4.78, 5) is 14.1. The van der Waals surface area contributed by atoms with E-state index in [-0.39, 0.29) is 24.0 Å². The van der Waals surface area contributed by atoms with Gasteiger partial charge in [0.25, 0.3) is 0 Å². The Kier molecular flexibility index (Phi) is 4.00. The molecule has 126 valence electrons. The molecule has 6 heteroatoms. The lowest BCUT2D eigenvalue weighted by atomic mass is 10.1. The lowest BCUT2D eigenvalue weighted by Gasteiger charge is -2.35. The molecule has 2 atom stereocenters.